The standard InChI is InChI=1S/C14H26N4O2/c15-13(16-20)11-17-6-8-18(9-7-17)14(19)10-12-4-2-1-3-5-12/h12,20H,1-11H2,(H2,15,16). The summed E-state index contributed by atoms with van der Waals surface area (Å²) >= 11 is 0. The van der Waals surface area contributed by atoms with Gasteiger partial charge in [0.05, 0.1) is 6.54 Å². The molecule has 0 unspecified atom stereocenters. The molecule has 1 amide bonds. The molecule has 2 fully saturated rings. The second kappa shape index (κ2) is 7.47. The third-order valence-corrected chi connectivity index (χ3v) is 4.43. The molecule has 3 N–H and O–H groups in total. The molecular weight excluding hydrogens is 256 g/mol. The van der Waals surface area contributed by atoms with E-state index in [-0.39, 0.29) is 5.84 Å². The molecule has 6 nitrogen and oxygen atoms in total. The van der Waals surface area contributed by atoms with Crippen molar-refractivity contribution in [3.8, 4) is 0 Å². The zero-order chi connectivity index (χ0) is 14.4. The first-order chi connectivity index (χ1) is 9.69. The molecule has 0 radical (unpaired) electrons. The molecule has 114 valence electrons. The van der Waals surface area contributed by atoms with Gasteiger partial charge in [0.1, 0.15) is 0 Å². The minimum Gasteiger partial charge on any atom is -0.409 e. The van der Waals surface area contributed by atoms with E-state index in [9.17, 15) is 4.79 Å². The molecular formula is C14H26N4O2. The number of amidine groups is 1. The van der Waals surface area contributed by atoms with E-state index in [0.717, 1.165) is 32.6 Å². The van der Waals surface area contributed by atoms with Crippen molar-refractivity contribution in [3.63, 3.8) is 0 Å². The van der Waals surface area contributed by atoms with Gasteiger partial charge in [0.25, 0.3) is 0 Å². The van der Waals surface area contributed by atoms with E-state index < -0.39 is 0 Å². The number of hydrogen-bond donors (Lipinski definition) is 2. The second-order valence-corrected chi connectivity index (χ2v) is 5.96. The van der Waals surface area contributed by atoms with E-state index in [1.54, 1.807) is 0 Å². The Morgan fingerprint density at radius 3 is 2.40 bits per heavy atom. The van der Waals surface area contributed by atoms with Crippen LogP contribution in [0.2, 0.25) is 0 Å². The summed E-state index contributed by atoms with van der Waals surface area (Å²) in [6, 6.07) is 0. The van der Waals surface area contributed by atoms with Crippen LogP contribution in [0.25, 0.3) is 0 Å². The number of carbonyl (C=O) groups excluding carboxylic acids is 1. The Labute approximate surface area is 120 Å². The van der Waals surface area contributed by atoms with Crippen molar-refractivity contribution in [3.05, 3.63) is 0 Å². The predicted octanol–water partition coefficient (Wildman–Crippen LogP) is 0.847. The van der Waals surface area contributed by atoms with E-state index >= 15 is 0 Å². The van der Waals surface area contributed by atoms with Gasteiger partial charge in [-0.3, -0.25) is 9.69 Å². The van der Waals surface area contributed by atoms with Crippen molar-refractivity contribution in [2.24, 2.45) is 16.8 Å². The Bertz CT molecular complexity index is 345. The number of rotatable bonds is 4. The van der Waals surface area contributed by atoms with Gasteiger partial charge in [0, 0.05) is 32.6 Å². The fourth-order valence-corrected chi connectivity index (χ4v) is 3.18. The second-order valence-electron chi connectivity index (χ2n) is 5.96. The lowest BCUT2D eigenvalue weighted by Crippen LogP contribution is -2.50. The highest BCUT2D eigenvalue weighted by atomic mass is 16.4. The summed E-state index contributed by atoms with van der Waals surface area (Å²) in [6.45, 7) is 3.58. The molecule has 1 saturated heterocycles. The Hall–Kier alpha value is -1.30. The Morgan fingerprint density at radius 1 is 1.15 bits per heavy atom. The van der Waals surface area contributed by atoms with E-state index in [0.29, 0.717) is 18.4 Å². The first kappa shape index (κ1) is 15.1. The Balaban J connectivity index is 1.71. The van der Waals surface area contributed by atoms with Crippen molar-refractivity contribution in [1.82, 2.24) is 9.80 Å². The fraction of sp³-hybridized carbons (Fsp3) is 0.857. The van der Waals surface area contributed by atoms with Crippen molar-refractivity contribution in [2.45, 2.75) is 38.5 Å². The van der Waals surface area contributed by atoms with Gasteiger partial charge in [-0.25, -0.2) is 0 Å². The smallest absolute Gasteiger partial charge is 0.222 e. The predicted molar refractivity (Wildman–Crippen MR) is 77.6 cm³/mol. The largest absolute Gasteiger partial charge is 0.409 e. The molecule has 0 aromatic carbocycles. The zero-order valence-corrected chi connectivity index (χ0v) is 12.1. The van der Waals surface area contributed by atoms with Gasteiger partial charge in [0.15, 0.2) is 5.84 Å². The van der Waals surface area contributed by atoms with Gasteiger partial charge in [-0.2, -0.15) is 0 Å². The topological polar surface area (TPSA) is 82.2 Å². The Morgan fingerprint density at radius 2 is 1.80 bits per heavy atom. The van der Waals surface area contributed by atoms with Crippen LogP contribution in [0.3, 0.4) is 0 Å². The maximum Gasteiger partial charge on any atom is 0.222 e. The molecule has 0 bridgehead atoms. The van der Waals surface area contributed by atoms with E-state index in [1.807, 2.05) is 4.90 Å². The molecule has 2 aliphatic rings. The molecule has 1 aliphatic carbocycles. The van der Waals surface area contributed by atoms with Crippen molar-refractivity contribution >= 4 is 11.7 Å². The van der Waals surface area contributed by atoms with Crippen molar-refractivity contribution in [1.29, 1.82) is 0 Å². The zero-order valence-electron chi connectivity index (χ0n) is 12.1. The van der Waals surface area contributed by atoms with Crippen molar-refractivity contribution in [2.75, 3.05) is 32.7 Å². The maximum absolute atomic E-state index is 12.3. The normalized spacial score (nSPS) is 23.0. The van der Waals surface area contributed by atoms with Gasteiger partial charge in [-0.1, -0.05) is 24.4 Å². The highest BCUT2D eigenvalue weighted by molar-refractivity contribution is 5.81. The number of hydrogen-bond acceptors (Lipinski definition) is 4. The number of nitrogens with two attached hydrogens (primary N) is 1. The molecule has 0 spiro atoms. The number of oxime groups is 1. The van der Waals surface area contributed by atoms with Gasteiger partial charge in [-0.05, 0) is 18.8 Å². The maximum atomic E-state index is 12.3. The summed E-state index contributed by atoms with van der Waals surface area (Å²) in [4.78, 5) is 16.4. The van der Waals surface area contributed by atoms with Crippen LogP contribution in [-0.2, 0) is 4.79 Å². The lowest BCUT2D eigenvalue weighted by Gasteiger charge is -2.35. The summed E-state index contributed by atoms with van der Waals surface area (Å²) in [5.74, 6) is 1.14. The monoisotopic (exact) mass is 282 g/mol. The number of amides is 1. The highest BCUT2D eigenvalue weighted by Crippen LogP contribution is 2.26. The summed E-state index contributed by atoms with van der Waals surface area (Å²) in [5.41, 5.74) is 5.50. The minimum atomic E-state index is 0.229. The van der Waals surface area contributed by atoms with E-state index in [1.165, 1.54) is 32.1 Å². The van der Waals surface area contributed by atoms with Crippen LogP contribution in [0.1, 0.15) is 38.5 Å². The van der Waals surface area contributed by atoms with Gasteiger partial charge in [-0.15, -0.1) is 0 Å². The third-order valence-electron chi connectivity index (χ3n) is 4.43. The van der Waals surface area contributed by atoms with E-state index in [4.69, 9.17) is 10.9 Å². The number of carbonyl (C=O) groups is 1. The molecule has 1 heterocycles. The number of piperazine rings is 1. The first-order valence-electron chi connectivity index (χ1n) is 7.65. The quantitative estimate of drug-likeness (QED) is 0.346. The lowest BCUT2D eigenvalue weighted by molar-refractivity contribution is -0.134. The number of nitrogens with zero attached hydrogens (tertiary/aromatic N) is 3. The van der Waals surface area contributed by atoms with Gasteiger partial charge in [0.2, 0.25) is 5.91 Å². The van der Waals surface area contributed by atoms with Gasteiger partial charge < -0.3 is 15.8 Å². The lowest BCUT2D eigenvalue weighted by atomic mass is 9.86. The molecule has 2 rings (SSSR count). The van der Waals surface area contributed by atoms with Crippen molar-refractivity contribution < 1.29 is 10.0 Å². The van der Waals surface area contributed by atoms with E-state index in [2.05, 4.69) is 10.1 Å². The summed E-state index contributed by atoms with van der Waals surface area (Å²) < 4.78 is 0. The molecule has 1 aliphatic heterocycles. The van der Waals surface area contributed by atoms with Gasteiger partial charge >= 0.3 is 0 Å². The van der Waals surface area contributed by atoms with Crippen LogP contribution in [0, 0.1) is 5.92 Å². The average Bonchev–Trinajstić information content (AvgIpc) is 2.49. The molecule has 1 saturated carbocycles. The summed E-state index contributed by atoms with van der Waals surface area (Å²) in [5, 5.41) is 11.5. The molecule has 20 heavy (non-hydrogen) atoms. The van der Waals surface area contributed by atoms with Crippen LogP contribution in [-0.4, -0.2) is 59.5 Å². The molecule has 6 heteroatoms. The summed E-state index contributed by atoms with van der Waals surface area (Å²) in [6.07, 6.45) is 7.05. The fourth-order valence-electron chi connectivity index (χ4n) is 3.18. The molecule has 0 aromatic heterocycles. The van der Waals surface area contributed by atoms with Crippen LogP contribution >= 0.6 is 0 Å². The van der Waals surface area contributed by atoms with Crippen LogP contribution in [0.4, 0.5) is 0 Å². The molecule has 0 aromatic rings. The minimum absolute atomic E-state index is 0.229. The Kier molecular flexibility index (Phi) is 5.64. The van der Waals surface area contributed by atoms with Crippen LogP contribution < -0.4 is 5.73 Å². The summed E-state index contributed by atoms with van der Waals surface area (Å²) in [7, 11) is 0. The van der Waals surface area contributed by atoms with Crippen LogP contribution in [0.5, 0.6) is 0 Å². The highest BCUT2D eigenvalue weighted by Gasteiger charge is 2.24. The molecule has 0 atom stereocenters. The average molecular weight is 282 g/mol. The third kappa shape index (κ3) is 4.37. The first-order valence-corrected chi connectivity index (χ1v) is 7.65. The SMILES string of the molecule is NC(CN1CCN(C(=O)CC2CCCCC2)CC1)=NO. The van der Waals surface area contributed by atoms with Crippen LogP contribution in [0.15, 0.2) is 5.16 Å².